The fourth-order valence-corrected chi connectivity index (χ4v) is 4.64. The Balaban J connectivity index is 1.74. The number of benzene rings is 3. The van der Waals surface area contributed by atoms with Crippen molar-refractivity contribution in [1.29, 1.82) is 5.26 Å². The van der Waals surface area contributed by atoms with Crippen LogP contribution in [0.5, 0.6) is 0 Å². The summed E-state index contributed by atoms with van der Waals surface area (Å²) in [6, 6.07) is 18.6. The van der Waals surface area contributed by atoms with Gasteiger partial charge in [0.25, 0.3) is 0 Å². The van der Waals surface area contributed by atoms with Crippen molar-refractivity contribution >= 4 is 28.6 Å². The lowest BCUT2D eigenvalue weighted by Gasteiger charge is -2.20. The van der Waals surface area contributed by atoms with Crippen LogP contribution < -0.4 is 0 Å². The molecule has 0 amide bonds. The molecule has 1 unspecified atom stereocenters. The number of nitriles is 1. The molecular formula is C29H30N2O2. The Morgan fingerprint density at radius 1 is 1.03 bits per heavy atom. The smallest absolute Gasteiger partial charge is 0.0991 e. The molecule has 3 aromatic carbocycles. The molecule has 0 spiro atoms. The SMILES string of the molecule is CC(C)C1=NCCc2ccc(/C=C/c3cc(C(CO)CCO)c4cc(C#N)ccc4c3)cc21. The number of aliphatic hydroxyl groups is 2. The molecule has 1 aliphatic rings. The van der Waals surface area contributed by atoms with Gasteiger partial charge < -0.3 is 10.2 Å². The fourth-order valence-electron chi connectivity index (χ4n) is 4.64. The second-order valence-electron chi connectivity index (χ2n) is 8.97. The molecule has 0 aromatic heterocycles. The largest absolute Gasteiger partial charge is 0.396 e. The lowest BCUT2D eigenvalue weighted by Crippen LogP contribution is -2.18. The third-order valence-electron chi connectivity index (χ3n) is 6.36. The van der Waals surface area contributed by atoms with Gasteiger partial charge in [-0.2, -0.15) is 5.26 Å². The maximum absolute atomic E-state index is 9.97. The van der Waals surface area contributed by atoms with E-state index in [1.807, 2.05) is 18.2 Å². The van der Waals surface area contributed by atoms with Gasteiger partial charge in [0.05, 0.1) is 18.2 Å². The number of hydrogen-bond donors (Lipinski definition) is 2. The molecule has 4 heteroatoms. The molecule has 1 aliphatic heterocycles. The van der Waals surface area contributed by atoms with Gasteiger partial charge in [0.15, 0.2) is 0 Å². The molecule has 0 bridgehead atoms. The Morgan fingerprint density at radius 2 is 1.85 bits per heavy atom. The lowest BCUT2D eigenvalue weighted by atomic mass is 9.88. The summed E-state index contributed by atoms with van der Waals surface area (Å²) in [6.45, 7) is 5.19. The van der Waals surface area contributed by atoms with E-state index >= 15 is 0 Å². The fraction of sp³-hybridized carbons (Fsp3) is 0.310. The molecule has 2 N–H and O–H groups in total. The molecule has 3 aromatic rings. The van der Waals surface area contributed by atoms with Crippen molar-refractivity contribution in [3.63, 3.8) is 0 Å². The molecule has 1 heterocycles. The maximum atomic E-state index is 9.97. The number of rotatable bonds is 7. The Bertz CT molecular complexity index is 1260. The minimum absolute atomic E-state index is 0.000406. The lowest BCUT2D eigenvalue weighted by molar-refractivity contribution is 0.220. The summed E-state index contributed by atoms with van der Waals surface area (Å²) in [5.41, 5.74) is 7.49. The summed E-state index contributed by atoms with van der Waals surface area (Å²) in [5, 5.41) is 30.8. The second kappa shape index (κ2) is 10.1. The topological polar surface area (TPSA) is 76.6 Å². The van der Waals surface area contributed by atoms with Crippen molar-refractivity contribution in [3.05, 3.63) is 81.9 Å². The number of hydrogen-bond acceptors (Lipinski definition) is 4. The van der Waals surface area contributed by atoms with Gasteiger partial charge in [0.1, 0.15) is 0 Å². The first-order valence-electron chi connectivity index (χ1n) is 11.6. The Hall–Kier alpha value is -3.26. The minimum Gasteiger partial charge on any atom is -0.396 e. The van der Waals surface area contributed by atoms with Gasteiger partial charge >= 0.3 is 0 Å². The molecule has 168 valence electrons. The molecule has 0 aliphatic carbocycles. The third kappa shape index (κ3) is 4.90. The highest BCUT2D eigenvalue weighted by molar-refractivity contribution is 6.04. The summed E-state index contributed by atoms with van der Waals surface area (Å²) in [7, 11) is 0. The standard InChI is InChI=1S/C29H30N2O2/c1-19(2)29-28-14-20(5-7-23(28)9-11-31-29)3-4-21-13-24-8-6-22(17-30)16-26(24)27(15-21)25(18-33)10-12-32/h3-8,13-16,19,25,32-33H,9-12,18H2,1-2H3/b4-3+. The number of aliphatic hydroxyl groups excluding tert-OH is 2. The summed E-state index contributed by atoms with van der Waals surface area (Å²) in [4.78, 5) is 4.76. The molecule has 4 rings (SSSR count). The van der Waals surface area contributed by atoms with E-state index in [1.54, 1.807) is 0 Å². The van der Waals surface area contributed by atoms with Crippen molar-refractivity contribution in [2.24, 2.45) is 10.9 Å². The average molecular weight is 439 g/mol. The van der Waals surface area contributed by atoms with Gasteiger partial charge in [-0.25, -0.2) is 0 Å². The van der Waals surface area contributed by atoms with E-state index in [4.69, 9.17) is 4.99 Å². The van der Waals surface area contributed by atoms with Crippen LogP contribution in [-0.4, -0.2) is 35.7 Å². The quantitative estimate of drug-likeness (QED) is 0.489. The van der Waals surface area contributed by atoms with E-state index < -0.39 is 0 Å². The van der Waals surface area contributed by atoms with Gasteiger partial charge in [-0.3, -0.25) is 4.99 Å². The molecular weight excluding hydrogens is 408 g/mol. The van der Waals surface area contributed by atoms with Crippen LogP contribution in [-0.2, 0) is 6.42 Å². The van der Waals surface area contributed by atoms with Crippen LogP contribution >= 0.6 is 0 Å². The van der Waals surface area contributed by atoms with Crippen LogP contribution in [0.25, 0.3) is 22.9 Å². The van der Waals surface area contributed by atoms with Crippen molar-refractivity contribution < 1.29 is 10.2 Å². The van der Waals surface area contributed by atoms with E-state index in [1.165, 1.54) is 16.8 Å². The summed E-state index contributed by atoms with van der Waals surface area (Å²) in [5.74, 6) is 0.208. The van der Waals surface area contributed by atoms with Crippen LogP contribution in [0.1, 0.15) is 59.6 Å². The molecule has 0 saturated carbocycles. The van der Waals surface area contributed by atoms with Crippen LogP contribution in [0.2, 0.25) is 0 Å². The first kappa shape index (κ1) is 22.9. The van der Waals surface area contributed by atoms with Crippen LogP contribution in [0.15, 0.2) is 53.5 Å². The monoisotopic (exact) mass is 438 g/mol. The molecule has 33 heavy (non-hydrogen) atoms. The molecule has 1 atom stereocenters. The highest BCUT2D eigenvalue weighted by atomic mass is 16.3. The number of fused-ring (bicyclic) bond motifs is 2. The highest BCUT2D eigenvalue weighted by Crippen LogP contribution is 2.31. The van der Waals surface area contributed by atoms with Gasteiger partial charge in [0.2, 0.25) is 0 Å². The van der Waals surface area contributed by atoms with E-state index in [0.717, 1.165) is 40.4 Å². The van der Waals surface area contributed by atoms with Crippen LogP contribution in [0.3, 0.4) is 0 Å². The Morgan fingerprint density at radius 3 is 2.58 bits per heavy atom. The van der Waals surface area contributed by atoms with E-state index in [0.29, 0.717) is 17.9 Å². The van der Waals surface area contributed by atoms with Gasteiger partial charge in [-0.15, -0.1) is 0 Å². The summed E-state index contributed by atoms with van der Waals surface area (Å²) < 4.78 is 0. The van der Waals surface area contributed by atoms with Crippen molar-refractivity contribution in [1.82, 2.24) is 0 Å². The Kier molecular flexibility index (Phi) is 7.03. The zero-order valence-corrected chi connectivity index (χ0v) is 19.3. The van der Waals surface area contributed by atoms with E-state index in [-0.39, 0.29) is 19.1 Å². The normalized spacial score (nSPS) is 14.4. The third-order valence-corrected chi connectivity index (χ3v) is 6.36. The Labute approximate surface area is 195 Å². The average Bonchev–Trinajstić information content (AvgIpc) is 2.84. The number of nitrogens with zero attached hydrogens (tertiary/aromatic N) is 2. The molecule has 0 fully saturated rings. The maximum Gasteiger partial charge on any atom is 0.0991 e. The van der Waals surface area contributed by atoms with Crippen molar-refractivity contribution in [3.8, 4) is 6.07 Å². The zero-order chi connectivity index (χ0) is 23.4. The molecule has 0 saturated heterocycles. The first-order valence-corrected chi connectivity index (χ1v) is 11.6. The van der Waals surface area contributed by atoms with Gasteiger partial charge in [-0.05, 0) is 81.6 Å². The number of aliphatic imine (C=N–C) groups is 1. The predicted octanol–water partition coefficient (Wildman–Crippen LogP) is 5.34. The minimum atomic E-state index is -0.187. The van der Waals surface area contributed by atoms with E-state index in [2.05, 4.69) is 62.4 Å². The predicted molar refractivity (Wildman–Crippen MR) is 136 cm³/mol. The zero-order valence-electron chi connectivity index (χ0n) is 19.3. The van der Waals surface area contributed by atoms with Crippen LogP contribution in [0, 0.1) is 17.2 Å². The van der Waals surface area contributed by atoms with Crippen molar-refractivity contribution in [2.45, 2.75) is 32.6 Å². The van der Waals surface area contributed by atoms with Gasteiger partial charge in [0, 0.05) is 24.8 Å². The molecule has 0 radical (unpaired) electrons. The van der Waals surface area contributed by atoms with Crippen LogP contribution in [0.4, 0.5) is 0 Å². The summed E-state index contributed by atoms with van der Waals surface area (Å²) >= 11 is 0. The second-order valence-corrected chi connectivity index (χ2v) is 8.97. The van der Waals surface area contributed by atoms with Gasteiger partial charge in [-0.1, -0.05) is 50.3 Å². The first-order chi connectivity index (χ1) is 16.0. The highest BCUT2D eigenvalue weighted by Gasteiger charge is 2.17. The van der Waals surface area contributed by atoms with Crippen molar-refractivity contribution in [2.75, 3.05) is 19.8 Å². The summed E-state index contributed by atoms with van der Waals surface area (Å²) in [6.07, 6.45) is 5.66. The van der Waals surface area contributed by atoms with E-state index in [9.17, 15) is 15.5 Å². The molecule has 4 nitrogen and oxygen atoms in total.